The molecule has 2 rings (SSSR count). The van der Waals surface area contributed by atoms with Crippen LogP contribution in [0.2, 0.25) is 0 Å². The molecule has 0 radical (unpaired) electrons. The zero-order valence-corrected chi connectivity index (χ0v) is 12.4. The molecule has 21 heavy (non-hydrogen) atoms. The van der Waals surface area contributed by atoms with Gasteiger partial charge in [0.25, 0.3) is 0 Å². The number of benzene rings is 1. The first-order valence-electron chi connectivity index (χ1n) is 6.79. The molecule has 1 aromatic carbocycles. The Morgan fingerprint density at radius 3 is 2.95 bits per heavy atom. The van der Waals surface area contributed by atoms with Crippen molar-refractivity contribution in [1.82, 2.24) is 4.90 Å². The van der Waals surface area contributed by atoms with Gasteiger partial charge in [-0.25, -0.2) is 4.39 Å². The van der Waals surface area contributed by atoms with Gasteiger partial charge in [0.05, 0.1) is 18.6 Å². The number of carbonyl (C=O) groups excluding carboxylic acids is 2. The molecule has 1 aliphatic heterocycles. The third-order valence-corrected chi connectivity index (χ3v) is 3.77. The lowest BCUT2D eigenvalue weighted by Crippen LogP contribution is -2.42. The molecule has 0 unspecified atom stereocenters. The Balaban J connectivity index is 2.28. The predicted molar refractivity (Wildman–Crippen MR) is 76.5 cm³/mol. The summed E-state index contributed by atoms with van der Waals surface area (Å²) >= 11 is 0. The number of halogens is 1. The first kappa shape index (κ1) is 15.4. The first-order valence-corrected chi connectivity index (χ1v) is 6.79. The summed E-state index contributed by atoms with van der Waals surface area (Å²) in [7, 11) is 3.25. The molecule has 2 atom stereocenters. The predicted octanol–water partition coefficient (Wildman–Crippen LogP) is 1.74. The third kappa shape index (κ3) is 3.21. The SMILES string of the molecule is COC[C@H](C)N(C)C(=O)[C@H]1CC(=O)Nc2cc(F)ccc21. The van der Waals surface area contributed by atoms with Crippen molar-refractivity contribution < 1.29 is 18.7 Å². The molecule has 6 heteroatoms. The molecule has 1 aliphatic rings. The van der Waals surface area contributed by atoms with Crippen LogP contribution in [0.4, 0.5) is 10.1 Å². The molecule has 2 amide bonds. The Morgan fingerprint density at radius 1 is 1.57 bits per heavy atom. The van der Waals surface area contributed by atoms with Gasteiger partial charge in [-0.2, -0.15) is 0 Å². The Morgan fingerprint density at radius 2 is 2.29 bits per heavy atom. The van der Waals surface area contributed by atoms with Crippen LogP contribution in [0.25, 0.3) is 0 Å². The third-order valence-electron chi connectivity index (χ3n) is 3.77. The number of fused-ring (bicyclic) bond motifs is 1. The summed E-state index contributed by atoms with van der Waals surface area (Å²) in [6.07, 6.45) is 0.0709. The van der Waals surface area contributed by atoms with Gasteiger partial charge >= 0.3 is 0 Å². The van der Waals surface area contributed by atoms with Crippen molar-refractivity contribution in [1.29, 1.82) is 0 Å². The fraction of sp³-hybridized carbons (Fsp3) is 0.467. The highest BCUT2D eigenvalue weighted by molar-refractivity contribution is 6.01. The van der Waals surface area contributed by atoms with E-state index in [9.17, 15) is 14.0 Å². The Hall–Kier alpha value is -1.95. The molecule has 0 spiro atoms. The minimum absolute atomic E-state index is 0.0709. The van der Waals surface area contributed by atoms with Crippen molar-refractivity contribution in [3.8, 4) is 0 Å². The minimum Gasteiger partial charge on any atom is -0.383 e. The first-order chi connectivity index (χ1) is 9.93. The van der Waals surface area contributed by atoms with Crippen LogP contribution in [0.3, 0.4) is 0 Å². The monoisotopic (exact) mass is 294 g/mol. The van der Waals surface area contributed by atoms with Crippen LogP contribution in [-0.2, 0) is 14.3 Å². The van der Waals surface area contributed by atoms with Gasteiger partial charge in [-0.05, 0) is 24.6 Å². The van der Waals surface area contributed by atoms with Crippen LogP contribution < -0.4 is 5.32 Å². The molecule has 0 bridgehead atoms. The topological polar surface area (TPSA) is 58.6 Å². The summed E-state index contributed by atoms with van der Waals surface area (Å²) in [5.41, 5.74) is 1.02. The molecule has 1 heterocycles. The van der Waals surface area contributed by atoms with Crippen LogP contribution in [-0.4, -0.2) is 43.5 Å². The van der Waals surface area contributed by atoms with Crippen molar-refractivity contribution in [2.45, 2.75) is 25.3 Å². The molecule has 5 nitrogen and oxygen atoms in total. The smallest absolute Gasteiger partial charge is 0.230 e. The largest absolute Gasteiger partial charge is 0.383 e. The van der Waals surface area contributed by atoms with Crippen LogP contribution in [0.15, 0.2) is 18.2 Å². The van der Waals surface area contributed by atoms with Gasteiger partial charge in [-0.1, -0.05) is 6.07 Å². The van der Waals surface area contributed by atoms with Crippen molar-refractivity contribution in [2.75, 3.05) is 26.1 Å². The van der Waals surface area contributed by atoms with Crippen LogP contribution in [0.1, 0.15) is 24.8 Å². The normalized spacial score (nSPS) is 18.7. The lowest BCUT2D eigenvalue weighted by molar-refractivity contribution is -0.136. The number of methoxy groups -OCH3 is 1. The molecule has 1 N–H and O–H groups in total. The second-order valence-corrected chi connectivity index (χ2v) is 5.29. The average molecular weight is 294 g/mol. The van der Waals surface area contributed by atoms with E-state index < -0.39 is 11.7 Å². The van der Waals surface area contributed by atoms with Crippen molar-refractivity contribution in [2.24, 2.45) is 0 Å². The highest BCUT2D eigenvalue weighted by Crippen LogP contribution is 2.34. The van der Waals surface area contributed by atoms with E-state index in [0.717, 1.165) is 0 Å². The summed E-state index contributed by atoms with van der Waals surface area (Å²) in [4.78, 5) is 25.9. The van der Waals surface area contributed by atoms with E-state index in [-0.39, 0.29) is 24.3 Å². The van der Waals surface area contributed by atoms with Crippen molar-refractivity contribution >= 4 is 17.5 Å². The summed E-state index contributed by atoms with van der Waals surface area (Å²) in [6, 6.07) is 4.00. The van der Waals surface area contributed by atoms with Gasteiger partial charge in [0.15, 0.2) is 0 Å². The number of anilines is 1. The number of carbonyl (C=O) groups is 2. The van der Waals surface area contributed by atoms with Crippen LogP contribution >= 0.6 is 0 Å². The lowest BCUT2D eigenvalue weighted by Gasteiger charge is -2.31. The van der Waals surface area contributed by atoms with Gasteiger partial charge in [0, 0.05) is 26.3 Å². The maximum Gasteiger partial charge on any atom is 0.230 e. The van der Waals surface area contributed by atoms with E-state index in [0.29, 0.717) is 17.9 Å². The Labute approximate surface area is 123 Å². The average Bonchev–Trinajstić information content (AvgIpc) is 2.44. The van der Waals surface area contributed by atoms with Gasteiger partial charge in [-0.15, -0.1) is 0 Å². The van der Waals surface area contributed by atoms with Crippen molar-refractivity contribution in [3.63, 3.8) is 0 Å². The molecule has 0 saturated carbocycles. The highest BCUT2D eigenvalue weighted by Gasteiger charge is 2.33. The number of hydrogen-bond donors (Lipinski definition) is 1. The summed E-state index contributed by atoms with van der Waals surface area (Å²) in [6.45, 7) is 2.29. The number of nitrogens with zero attached hydrogens (tertiary/aromatic N) is 1. The number of rotatable bonds is 4. The highest BCUT2D eigenvalue weighted by atomic mass is 19.1. The fourth-order valence-corrected chi connectivity index (χ4v) is 2.47. The van der Waals surface area contributed by atoms with Gasteiger partial charge in [-0.3, -0.25) is 9.59 Å². The van der Waals surface area contributed by atoms with Gasteiger partial charge < -0.3 is 15.0 Å². The van der Waals surface area contributed by atoms with E-state index in [4.69, 9.17) is 4.74 Å². The molecular formula is C15H19FN2O3. The quantitative estimate of drug-likeness (QED) is 0.920. The number of likely N-dealkylation sites (N-methyl/N-ethyl adjacent to an activating group) is 1. The number of amides is 2. The maximum atomic E-state index is 13.3. The van der Waals surface area contributed by atoms with Gasteiger partial charge in [0.1, 0.15) is 5.82 Å². The second kappa shape index (κ2) is 6.22. The van der Waals surface area contributed by atoms with E-state index in [1.165, 1.54) is 12.1 Å². The molecule has 0 fully saturated rings. The van der Waals surface area contributed by atoms with Crippen LogP contribution in [0.5, 0.6) is 0 Å². The number of nitrogens with one attached hydrogen (secondary N) is 1. The van der Waals surface area contributed by atoms with E-state index >= 15 is 0 Å². The van der Waals surface area contributed by atoms with E-state index in [1.807, 2.05) is 6.92 Å². The standard InChI is InChI=1S/C15H19FN2O3/c1-9(8-21-3)18(2)15(20)12-7-14(19)17-13-6-10(16)4-5-11(12)13/h4-6,9,12H,7-8H2,1-3H3,(H,17,19)/t9-,12-/m0/s1. The Kier molecular flexibility index (Phi) is 4.57. The van der Waals surface area contributed by atoms with Crippen molar-refractivity contribution in [3.05, 3.63) is 29.6 Å². The molecule has 0 saturated heterocycles. The number of hydrogen-bond acceptors (Lipinski definition) is 3. The maximum absolute atomic E-state index is 13.3. The number of ether oxygens (including phenoxy) is 1. The summed E-state index contributed by atoms with van der Waals surface area (Å²) < 4.78 is 18.3. The van der Waals surface area contributed by atoms with Crippen LogP contribution in [0, 0.1) is 5.82 Å². The molecule has 114 valence electrons. The zero-order valence-electron chi connectivity index (χ0n) is 12.4. The van der Waals surface area contributed by atoms with E-state index in [2.05, 4.69) is 5.32 Å². The second-order valence-electron chi connectivity index (χ2n) is 5.29. The fourth-order valence-electron chi connectivity index (χ4n) is 2.47. The lowest BCUT2D eigenvalue weighted by atomic mass is 9.89. The van der Waals surface area contributed by atoms with E-state index in [1.54, 1.807) is 25.1 Å². The van der Waals surface area contributed by atoms with Gasteiger partial charge in [0.2, 0.25) is 11.8 Å². The molecule has 0 aromatic heterocycles. The minimum atomic E-state index is -0.585. The molecular weight excluding hydrogens is 275 g/mol. The summed E-state index contributed by atoms with van der Waals surface area (Å²) in [5.74, 6) is -1.47. The summed E-state index contributed by atoms with van der Waals surface area (Å²) in [5, 5.41) is 2.60. The molecule has 0 aliphatic carbocycles. The Bertz CT molecular complexity index is 562. The zero-order chi connectivity index (χ0) is 15.6. The molecule has 1 aromatic rings.